The smallest absolute Gasteiger partial charge is 0.118 e. The van der Waals surface area contributed by atoms with E-state index in [2.05, 4.69) is 6.58 Å². The van der Waals surface area contributed by atoms with E-state index in [1.807, 2.05) is 26.0 Å². The molecule has 1 rings (SSSR count). The fourth-order valence-electron chi connectivity index (χ4n) is 1.24. The summed E-state index contributed by atoms with van der Waals surface area (Å²) < 4.78 is 0. The Morgan fingerprint density at radius 1 is 1.33 bits per heavy atom. The molecule has 1 N–H and O–H groups in total. The van der Waals surface area contributed by atoms with Crippen LogP contribution >= 0.6 is 0 Å². The lowest BCUT2D eigenvalue weighted by molar-refractivity contribution is 0.470. The molecule has 64 valence electrons. The molecular weight excluding hydrogens is 148 g/mol. The van der Waals surface area contributed by atoms with Crippen molar-refractivity contribution in [1.29, 1.82) is 0 Å². The third-order valence-electron chi connectivity index (χ3n) is 2.24. The van der Waals surface area contributed by atoms with Gasteiger partial charge in [-0.2, -0.15) is 0 Å². The Morgan fingerprint density at radius 2 is 2.00 bits per heavy atom. The van der Waals surface area contributed by atoms with Gasteiger partial charge in [0.15, 0.2) is 0 Å². The Labute approximate surface area is 73.4 Å². The number of rotatable bonds is 2. The predicted molar refractivity (Wildman–Crippen MR) is 51.5 cm³/mol. The molecular formula is C11H14O. The van der Waals surface area contributed by atoms with E-state index in [-0.39, 0.29) is 0 Å². The van der Waals surface area contributed by atoms with Crippen LogP contribution in [0, 0.1) is 13.8 Å². The summed E-state index contributed by atoms with van der Waals surface area (Å²) in [6.45, 7) is 7.64. The van der Waals surface area contributed by atoms with Gasteiger partial charge in [0.1, 0.15) is 5.75 Å². The normalized spacial score (nSPS) is 9.83. The van der Waals surface area contributed by atoms with Crippen molar-refractivity contribution in [3.05, 3.63) is 41.5 Å². The molecule has 0 aliphatic carbocycles. The Balaban J connectivity index is 3.16. The molecule has 1 heteroatoms. The van der Waals surface area contributed by atoms with Gasteiger partial charge in [-0.15, -0.1) is 6.58 Å². The molecule has 0 atom stereocenters. The molecule has 1 aromatic rings. The number of aromatic hydroxyl groups is 1. The second-order valence-corrected chi connectivity index (χ2v) is 2.99. The molecule has 0 radical (unpaired) electrons. The first-order valence-electron chi connectivity index (χ1n) is 4.05. The fraction of sp³-hybridized carbons (Fsp3) is 0.273. The molecule has 1 nitrogen and oxygen atoms in total. The van der Waals surface area contributed by atoms with Crippen molar-refractivity contribution in [3.8, 4) is 5.75 Å². The molecule has 0 saturated heterocycles. The first-order chi connectivity index (χ1) is 5.66. The second kappa shape index (κ2) is 3.44. The highest BCUT2D eigenvalue weighted by molar-refractivity contribution is 5.43. The quantitative estimate of drug-likeness (QED) is 0.663. The highest BCUT2D eigenvalue weighted by Crippen LogP contribution is 2.22. The topological polar surface area (TPSA) is 20.2 Å². The Kier molecular flexibility index (Phi) is 2.54. The molecule has 0 aliphatic rings. The van der Waals surface area contributed by atoms with Crippen molar-refractivity contribution in [2.24, 2.45) is 0 Å². The van der Waals surface area contributed by atoms with E-state index >= 15 is 0 Å². The monoisotopic (exact) mass is 162 g/mol. The third kappa shape index (κ3) is 1.50. The lowest BCUT2D eigenvalue weighted by Crippen LogP contribution is -1.90. The van der Waals surface area contributed by atoms with Crippen LogP contribution in [-0.4, -0.2) is 5.11 Å². The average Bonchev–Trinajstić information content (AvgIpc) is 2.07. The summed E-state index contributed by atoms with van der Waals surface area (Å²) in [5.74, 6) is 0.375. The molecule has 0 saturated carbocycles. The molecule has 12 heavy (non-hydrogen) atoms. The zero-order chi connectivity index (χ0) is 9.14. The average molecular weight is 162 g/mol. The summed E-state index contributed by atoms with van der Waals surface area (Å²) in [6, 6.07) is 3.68. The van der Waals surface area contributed by atoms with Gasteiger partial charge >= 0.3 is 0 Å². The van der Waals surface area contributed by atoms with E-state index < -0.39 is 0 Å². The minimum Gasteiger partial charge on any atom is -0.508 e. The third-order valence-corrected chi connectivity index (χ3v) is 2.24. The van der Waals surface area contributed by atoms with Crippen LogP contribution < -0.4 is 0 Å². The van der Waals surface area contributed by atoms with Gasteiger partial charge in [-0.3, -0.25) is 0 Å². The fourth-order valence-corrected chi connectivity index (χ4v) is 1.24. The van der Waals surface area contributed by atoms with Crippen LogP contribution in [-0.2, 0) is 6.42 Å². The van der Waals surface area contributed by atoms with Crippen LogP contribution in [0.25, 0.3) is 0 Å². The van der Waals surface area contributed by atoms with E-state index in [0.29, 0.717) is 5.75 Å². The van der Waals surface area contributed by atoms with E-state index in [4.69, 9.17) is 0 Å². The maximum Gasteiger partial charge on any atom is 0.118 e. The van der Waals surface area contributed by atoms with Crippen molar-refractivity contribution in [1.82, 2.24) is 0 Å². The van der Waals surface area contributed by atoms with Crippen molar-refractivity contribution in [3.63, 3.8) is 0 Å². The van der Waals surface area contributed by atoms with Gasteiger partial charge in [0.2, 0.25) is 0 Å². The molecule has 0 bridgehead atoms. The van der Waals surface area contributed by atoms with Crippen LogP contribution in [0.15, 0.2) is 24.8 Å². The van der Waals surface area contributed by atoms with Crippen LogP contribution in [0.2, 0.25) is 0 Å². The van der Waals surface area contributed by atoms with Gasteiger partial charge in [0.05, 0.1) is 0 Å². The Bertz CT molecular complexity index is 300. The lowest BCUT2D eigenvalue weighted by Gasteiger charge is -2.07. The highest BCUT2D eigenvalue weighted by Gasteiger charge is 2.02. The zero-order valence-electron chi connectivity index (χ0n) is 7.59. The Hall–Kier alpha value is -1.24. The first kappa shape index (κ1) is 8.85. The van der Waals surface area contributed by atoms with Gasteiger partial charge in [0.25, 0.3) is 0 Å². The molecule has 0 heterocycles. The number of phenolic OH excluding ortho intramolecular Hbond substituents is 1. The van der Waals surface area contributed by atoms with Crippen molar-refractivity contribution in [2.45, 2.75) is 20.3 Å². The molecule has 0 aromatic heterocycles. The summed E-state index contributed by atoms with van der Waals surface area (Å²) in [5, 5.41) is 9.37. The summed E-state index contributed by atoms with van der Waals surface area (Å²) in [5.41, 5.74) is 3.37. The van der Waals surface area contributed by atoms with E-state index in [1.165, 1.54) is 5.56 Å². The van der Waals surface area contributed by atoms with Crippen molar-refractivity contribution in [2.75, 3.05) is 0 Å². The summed E-state index contributed by atoms with van der Waals surface area (Å²) in [7, 11) is 0. The summed E-state index contributed by atoms with van der Waals surface area (Å²) in [4.78, 5) is 0. The molecule has 0 unspecified atom stereocenters. The lowest BCUT2D eigenvalue weighted by atomic mass is 10.0. The van der Waals surface area contributed by atoms with E-state index in [9.17, 15) is 5.11 Å². The molecule has 0 fully saturated rings. The predicted octanol–water partition coefficient (Wildman–Crippen LogP) is 2.74. The standard InChI is InChI=1S/C11H14O/c1-4-5-10-6-7-11(12)9(3)8(10)2/h4,6-7,12H,1,5H2,2-3H3. The van der Waals surface area contributed by atoms with Crippen LogP contribution in [0.1, 0.15) is 16.7 Å². The van der Waals surface area contributed by atoms with Crippen LogP contribution in [0.3, 0.4) is 0 Å². The van der Waals surface area contributed by atoms with Crippen LogP contribution in [0.4, 0.5) is 0 Å². The second-order valence-electron chi connectivity index (χ2n) is 2.99. The van der Waals surface area contributed by atoms with Crippen molar-refractivity contribution >= 4 is 0 Å². The van der Waals surface area contributed by atoms with Gasteiger partial charge in [-0.1, -0.05) is 12.1 Å². The summed E-state index contributed by atoms with van der Waals surface area (Å²) >= 11 is 0. The molecule has 0 aliphatic heterocycles. The number of hydrogen-bond acceptors (Lipinski definition) is 1. The minimum absolute atomic E-state index is 0.375. The number of allylic oxidation sites excluding steroid dienone is 1. The molecule has 0 amide bonds. The minimum atomic E-state index is 0.375. The molecule has 0 spiro atoms. The van der Waals surface area contributed by atoms with E-state index in [0.717, 1.165) is 17.5 Å². The highest BCUT2D eigenvalue weighted by atomic mass is 16.3. The van der Waals surface area contributed by atoms with Crippen LogP contribution in [0.5, 0.6) is 5.75 Å². The first-order valence-corrected chi connectivity index (χ1v) is 4.05. The van der Waals surface area contributed by atoms with E-state index in [1.54, 1.807) is 6.07 Å². The van der Waals surface area contributed by atoms with Gasteiger partial charge < -0.3 is 5.11 Å². The SMILES string of the molecule is C=CCc1ccc(O)c(C)c1C. The zero-order valence-corrected chi connectivity index (χ0v) is 7.59. The maximum absolute atomic E-state index is 9.37. The number of phenols is 1. The van der Waals surface area contributed by atoms with Gasteiger partial charge in [-0.05, 0) is 43.0 Å². The van der Waals surface area contributed by atoms with Gasteiger partial charge in [-0.25, -0.2) is 0 Å². The number of hydrogen-bond donors (Lipinski definition) is 1. The maximum atomic E-state index is 9.37. The molecule has 1 aromatic carbocycles. The largest absolute Gasteiger partial charge is 0.508 e. The Morgan fingerprint density at radius 3 is 2.58 bits per heavy atom. The van der Waals surface area contributed by atoms with Crippen molar-refractivity contribution < 1.29 is 5.11 Å². The summed E-state index contributed by atoms with van der Waals surface area (Å²) in [6.07, 6.45) is 2.74. The number of benzene rings is 1. The van der Waals surface area contributed by atoms with Gasteiger partial charge in [0, 0.05) is 0 Å².